The molecular weight excluding hydrogens is 250 g/mol. The molecule has 98 valence electrons. The number of ketones is 1. The van der Waals surface area contributed by atoms with Crippen LogP contribution in [0.3, 0.4) is 0 Å². The first kappa shape index (κ1) is 13.4. The van der Waals surface area contributed by atoms with Gasteiger partial charge in [-0.3, -0.25) is 4.79 Å². The molecule has 1 aliphatic rings. The number of carbonyl (C=O) groups excluding carboxylic acids is 1. The van der Waals surface area contributed by atoms with Crippen molar-refractivity contribution in [3.05, 3.63) is 28.8 Å². The Morgan fingerprint density at radius 3 is 2.94 bits per heavy atom. The molecule has 1 aromatic rings. The van der Waals surface area contributed by atoms with Gasteiger partial charge in [-0.05, 0) is 43.9 Å². The monoisotopic (exact) mass is 267 g/mol. The number of nitrogens with zero attached hydrogens (tertiary/aromatic N) is 1. The lowest BCUT2D eigenvalue weighted by Gasteiger charge is -2.33. The summed E-state index contributed by atoms with van der Waals surface area (Å²) in [4.78, 5) is 13.5. The number of halogens is 1. The van der Waals surface area contributed by atoms with E-state index in [1.165, 1.54) is 6.92 Å². The summed E-state index contributed by atoms with van der Waals surface area (Å²) >= 11 is 6.12. The lowest BCUT2D eigenvalue weighted by molar-refractivity contribution is 0.101. The molecule has 0 bridgehead atoms. The first-order chi connectivity index (χ1) is 8.61. The van der Waals surface area contributed by atoms with Crippen molar-refractivity contribution in [2.45, 2.75) is 19.8 Å². The van der Waals surface area contributed by atoms with E-state index >= 15 is 0 Å². The molecule has 0 radical (unpaired) electrons. The van der Waals surface area contributed by atoms with Gasteiger partial charge in [-0.15, -0.1) is 0 Å². The zero-order valence-electron chi connectivity index (χ0n) is 10.5. The van der Waals surface area contributed by atoms with Crippen LogP contribution < -0.4 is 4.90 Å². The van der Waals surface area contributed by atoms with Gasteiger partial charge in [0, 0.05) is 30.9 Å². The molecule has 1 heterocycles. The van der Waals surface area contributed by atoms with Gasteiger partial charge in [0.2, 0.25) is 0 Å². The third-order valence-electron chi connectivity index (χ3n) is 3.47. The van der Waals surface area contributed by atoms with Crippen LogP contribution in [0.1, 0.15) is 30.1 Å². The van der Waals surface area contributed by atoms with Gasteiger partial charge < -0.3 is 10.0 Å². The zero-order chi connectivity index (χ0) is 13.1. The second kappa shape index (κ2) is 5.72. The van der Waals surface area contributed by atoms with Gasteiger partial charge in [0.15, 0.2) is 5.78 Å². The number of hydrogen-bond acceptors (Lipinski definition) is 3. The third kappa shape index (κ3) is 2.85. The van der Waals surface area contributed by atoms with Crippen molar-refractivity contribution in [3.8, 4) is 0 Å². The van der Waals surface area contributed by atoms with E-state index in [1.807, 2.05) is 12.1 Å². The first-order valence-electron chi connectivity index (χ1n) is 6.28. The Bertz CT molecular complexity index is 447. The molecule has 18 heavy (non-hydrogen) atoms. The van der Waals surface area contributed by atoms with Crippen LogP contribution in [0.4, 0.5) is 5.69 Å². The van der Waals surface area contributed by atoms with E-state index in [0.717, 1.165) is 31.6 Å². The van der Waals surface area contributed by atoms with Gasteiger partial charge >= 0.3 is 0 Å². The Labute approximate surface area is 112 Å². The number of hydrogen-bond donors (Lipinski definition) is 1. The number of rotatable bonds is 3. The van der Waals surface area contributed by atoms with Crippen molar-refractivity contribution >= 4 is 23.1 Å². The molecule has 0 saturated carbocycles. The van der Waals surface area contributed by atoms with Gasteiger partial charge in [0.05, 0.1) is 5.02 Å². The Balaban J connectivity index is 2.18. The Morgan fingerprint density at radius 1 is 1.56 bits per heavy atom. The van der Waals surface area contributed by atoms with E-state index < -0.39 is 0 Å². The first-order valence-corrected chi connectivity index (χ1v) is 6.66. The molecule has 0 aliphatic carbocycles. The van der Waals surface area contributed by atoms with Crippen LogP contribution in [0.25, 0.3) is 0 Å². The highest BCUT2D eigenvalue weighted by Crippen LogP contribution is 2.27. The largest absolute Gasteiger partial charge is 0.396 e. The minimum Gasteiger partial charge on any atom is -0.396 e. The fourth-order valence-electron chi connectivity index (χ4n) is 2.43. The Morgan fingerprint density at radius 2 is 2.33 bits per heavy atom. The summed E-state index contributed by atoms with van der Waals surface area (Å²) in [6.45, 7) is 3.58. The summed E-state index contributed by atoms with van der Waals surface area (Å²) in [5.41, 5.74) is 1.60. The molecule has 1 unspecified atom stereocenters. The maximum Gasteiger partial charge on any atom is 0.161 e. The van der Waals surface area contributed by atoms with Crippen LogP contribution in [0.5, 0.6) is 0 Å². The number of aliphatic hydroxyl groups is 1. The number of carbonyl (C=O) groups is 1. The van der Waals surface area contributed by atoms with E-state index in [2.05, 4.69) is 4.90 Å². The average molecular weight is 268 g/mol. The molecule has 1 N–H and O–H groups in total. The van der Waals surface area contributed by atoms with Crippen molar-refractivity contribution in [3.63, 3.8) is 0 Å². The van der Waals surface area contributed by atoms with Crippen LogP contribution in [0.2, 0.25) is 5.02 Å². The van der Waals surface area contributed by atoms with E-state index in [9.17, 15) is 9.90 Å². The lowest BCUT2D eigenvalue weighted by Crippen LogP contribution is -2.36. The summed E-state index contributed by atoms with van der Waals surface area (Å²) in [7, 11) is 0. The van der Waals surface area contributed by atoms with Crippen molar-refractivity contribution in [1.82, 2.24) is 0 Å². The van der Waals surface area contributed by atoms with Gasteiger partial charge in [0.1, 0.15) is 0 Å². The standard InChI is InChI=1S/C14H18ClNO2/c1-10(18)13-5-4-12(7-14(13)15)16-6-2-3-11(8-16)9-17/h4-5,7,11,17H,2-3,6,8-9H2,1H3. The normalized spacial score (nSPS) is 19.9. The number of benzene rings is 1. The van der Waals surface area contributed by atoms with Crippen LogP contribution in [-0.4, -0.2) is 30.6 Å². The van der Waals surface area contributed by atoms with E-state index in [4.69, 9.17) is 11.6 Å². The average Bonchev–Trinajstić information content (AvgIpc) is 2.38. The van der Waals surface area contributed by atoms with Crippen molar-refractivity contribution < 1.29 is 9.90 Å². The van der Waals surface area contributed by atoms with Crippen LogP contribution in [0.15, 0.2) is 18.2 Å². The Hall–Kier alpha value is -1.06. The maximum absolute atomic E-state index is 11.3. The second-order valence-electron chi connectivity index (χ2n) is 4.86. The highest BCUT2D eigenvalue weighted by molar-refractivity contribution is 6.34. The predicted octanol–water partition coefficient (Wildman–Crippen LogP) is 2.75. The van der Waals surface area contributed by atoms with Crippen molar-refractivity contribution in [1.29, 1.82) is 0 Å². The SMILES string of the molecule is CC(=O)c1ccc(N2CCCC(CO)C2)cc1Cl. The maximum atomic E-state index is 11.3. The number of aliphatic hydroxyl groups excluding tert-OH is 1. The molecule has 2 rings (SSSR count). The second-order valence-corrected chi connectivity index (χ2v) is 5.26. The van der Waals surface area contributed by atoms with Gasteiger partial charge in [-0.1, -0.05) is 11.6 Å². The molecule has 1 saturated heterocycles. The van der Waals surface area contributed by atoms with E-state index in [1.54, 1.807) is 6.07 Å². The van der Waals surface area contributed by atoms with Gasteiger partial charge in [0.25, 0.3) is 0 Å². The molecule has 0 spiro atoms. The van der Waals surface area contributed by atoms with E-state index in [0.29, 0.717) is 16.5 Å². The minimum atomic E-state index is -0.0153. The van der Waals surface area contributed by atoms with Gasteiger partial charge in [-0.25, -0.2) is 0 Å². The number of piperidine rings is 1. The molecule has 3 nitrogen and oxygen atoms in total. The molecule has 0 amide bonds. The Kier molecular flexibility index (Phi) is 4.25. The molecule has 1 aromatic carbocycles. The summed E-state index contributed by atoms with van der Waals surface area (Å²) in [5.74, 6) is 0.323. The molecular formula is C14H18ClNO2. The van der Waals surface area contributed by atoms with E-state index in [-0.39, 0.29) is 12.4 Å². The molecule has 1 atom stereocenters. The predicted molar refractivity (Wildman–Crippen MR) is 73.5 cm³/mol. The number of anilines is 1. The fourth-order valence-corrected chi connectivity index (χ4v) is 2.74. The molecule has 0 aromatic heterocycles. The topological polar surface area (TPSA) is 40.5 Å². The van der Waals surface area contributed by atoms with Crippen molar-refractivity contribution in [2.75, 3.05) is 24.6 Å². The fraction of sp³-hybridized carbons (Fsp3) is 0.500. The summed E-state index contributed by atoms with van der Waals surface area (Å²) in [6, 6.07) is 5.56. The van der Waals surface area contributed by atoms with Crippen LogP contribution in [-0.2, 0) is 0 Å². The number of Topliss-reactive ketones (excluding diaryl/α,β-unsaturated/α-hetero) is 1. The molecule has 4 heteroatoms. The summed E-state index contributed by atoms with van der Waals surface area (Å²) < 4.78 is 0. The molecule has 1 fully saturated rings. The molecule has 1 aliphatic heterocycles. The quantitative estimate of drug-likeness (QED) is 0.856. The van der Waals surface area contributed by atoms with Crippen molar-refractivity contribution in [2.24, 2.45) is 5.92 Å². The lowest BCUT2D eigenvalue weighted by atomic mass is 9.98. The summed E-state index contributed by atoms with van der Waals surface area (Å²) in [5, 5.41) is 9.74. The van der Waals surface area contributed by atoms with Gasteiger partial charge in [-0.2, -0.15) is 0 Å². The summed E-state index contributed by atoms with van der Waals surface area (Å²) in [6.07, 6.45) is 2.16. The van der Waals surface area contributed by atoms with Crippen LogP contribution in [0, 0.1) is 5.92 Å². The zero-order valence-corrected chi connectivity index (χ0v) is 11.3. The highest BCUT2D eigenvalue weighted by Gasteiger charge is 2.20. The smallest absolute Gasteiger partial charge is 0.161 e. The minimum absolute atomic E-state index is 0.0153. The third-order valence-corrected chi connectivity index (χ3v) is 3.79. The van der Waals surface area contributed by atoms with Crippen LogP contribution >= 0.6 is 11.6 Å². The highest BCUT2D eigenvalue weighted by atomic mass is 35.5.